The lowest BCUT2D eigenvalue weighted by Gasteiger charge is -2.02. The fourth-order valence-electron chi connectivity index (χ4n) is 0.941. The van der Waals surface area contributed by atoms with E-state index in [1.54, 1.807) is 7.11 Å². The Kier molecular flexibility index (Phi) is 2.69. The molecule has 1 aromatic carbocycles. The van der Waals surface area contributed by atoms with E-state index in [1.807, 2.05) is 31.2 Å². The van der Waals surface area contributed by atoms with Crippen LogP contribution in [0.5, 0.6) is 0 Å². The summed E-state index contributed by atoms with van der Waals surface area (Å²) < 4.78 is 4.95. The lowest BCUT2D eigenvalue weighted by molar-refractivity contribution is 0.403. The molecule has 0 aliphatic carbocycles. The molecule has 1 aromatic rings. The number of ether oxygens (including phenoxy) is 1. The Morgan fingerprint density at radius 3 is 2.33 bits per heavy atom. The van der Waals surface area contributed by atoms with Crippen LogP contribution in [0.25, 0.3) is 0 Å². The molecular formula is C9H12N2O. The second-order valence-corrected chi connectivity index (χ2v) is 2.50. The Bertz CT molecular complexity index is 277. The summed E-state index contributed by atoms with van der Waals surface area (Å²) in [7, 11) is 1.55. The molecule has 0 saturated heterocycles. The number of hydrazone groups is 1. The predicted octanol–water partition coefficient (Wildman–Crippen LogP) is 1.26. The maximum Gasteiger partial charge on any atom is 0.237 e. The molecule has 0 saturated carbocycles. The van der Waals surface area contributed by atoms with Crippen LogP contribution in [0.2, 0.25) is 0 Å². The largest absolute Gasteiger partial charge is 0.480 e. The zero-order valence-electron chi connectivity index (χ0n) is 7.24. The van der Waals surface area contributed by atoms with Gasteiger partial charge < -0.3 is 10.6 Å². The molecule has 0 heterocycles. The smallest absolute Gasteiger partial charge is 0.237 e. The van der Waals surface area contributed by atoms with E-state index < -0.39 is 0 Å². The molecule has 0 radical (unpaired) electrons. The molecule has 0 aromatic heterocycles. The number of methoxy groups -OCH3 is 1. The summed E-state index contributed by atoms with van der Waals surface area (Å²) in [6.07, 6.45) is 0. The van der Waals surface area contributed by atoms with Crippen LogP contribution >= 0.6 is 0 Å². The van der Waals surface area contributed by atoms with Crippen molar-refractivity contribution in [3.63, 3.8) is 0 Å². The van der Waals surface area contributed by atoms with Gasteiger partial charge in [0.15, 0.2) is 0 Å². The van der Waals surface area contributed by atoms with Crippen LogP contribution in [0.3, 0.4) is 0 Å². The molecule has 1 rings (SSSR count). The first-order valence-corrected chi connectivity index (χ1v) is 3.67. The quantitative estimate of drug-likeness (QED) is 0.294. The Hall–Kier alpha value is -1.51. The van der Waals surface area contributed by atoms with Gasteiger partial charge in [0.2, 0.25) is 5.90 Å². The van der Waals surface area contributed by atoms with Crippen molar-refractivity contribution in [3.8, 4) is 0 Å². The number of hydrogen-bond donors (Lipinski definition) is 1. The highest BCUT2D eigenvalue weighted by Crippen LogP contribution is 2.04. The highest BCUT2D eigenvalue weighted by molar-refractivity contribution is 5.93. The first-order valence-electron chi connectivity index (χ1n) is 3.67. The summed E-state index contributed by atoms with van der Waals surface area (Å²) in [5, 5.41) is 3.50. The highest BCUT2D eigenvalue weighted by atomic mass is 16.5. The lowest BCUT2D eigenvalue weighted by atomic mass is 10.1. The Balaban J connectivity index is 2.96. The van der Waals surface area contributed by atoms with Crippen molar-refractivity contribution in [2.75, 3.05) is 7.11 Å². The first-order chi connectivity index (χ1) is 5.77. The summed E-state index contributed by atoms with van der Waals surface area (Å²) in [5.74, 6) is 5.57. The van der Waals surface area contributed by atoms with Crippen LogP contribution < -0.4 is 5.84 Å². The SMILES string of the molecule is CO/C(=N\N)c1ccc(C)cc1. The van der Waals surface area contributed by atoms with Gasteiger partial charge in [0.25, 0.3) is 0 Å². The Labute approximate surface area is 71.8 Å². The summed E-state index contributed by atoms with van der Waals surface area (Å²) in [6.45, 7) is 2.02. The standard InChI is InChI=1S/C9H12N2O/c1-7-3-5-8(6-4-7)9(11-10)12-2/h3-6H,10H2,1-2H3/b11-9-. The van der Waals surface area contributed by atoms with Crippen LogP contribution in [-0.2, 0) is 4.74 Å². The van der Waals surface area contributed by atoms with Crippen molar-refractivity contribution in [1.82, 2.24) is 0 Å². The van der Waals surface area contributed by atoms with Crippen molar-refractivity contribution in [2.24, 2.45) is 10.9 Å². The predicted molar refractivity (Wildman–Crippen MR) is 48.9 cm³/mol. The number of hydrogen-bond acceptors (Lipinski definition) is 3. The zero-order valence-corrected chi connectivity index (χ0v) is 7.24. The van der Waals surface area contributed by atoms with Crippen LogP contribution in [0, 0.1) is 6.92 Å². The molecule has 0 spiro atoms. The number of aryl methyl sites for hydroxylation is 1. The molecule has 64 valence electrons. The zero-order chi connectivity index (χ0) is 8.97. The van der Waals surface area contributed by atoms with Gasteiger partial charge in [-0.15, -0.1) is 5.10 Å². The van der Waals surface area contributed by atoms with E-state index in [-0.39, 0.29) is 0 Å². The fourth-order valence-corrected chi connectivity index (χ4v) is 0.941. The molecule has 0 bridgehead atoms. The van der Waals surface area contributed by atoms with Crippen LogP contribution in [0.1, 0.15) is 11.1 Å². The average molecular weight is 164 g/mol. The molecule has 0 fully saturated rings. The number of rotatable bonds is 1. The second kappa shape index (κ2) is 3.76. The van der Waals surface area contributed by atoms with Crippen molar-refractivity contribution in [2.45, 2.75) is 6.92 Å². The van der Waals surface area contributed by atoms with E-state index in [2.05, 4.69) is 5.10 Å². The first kappa shape index (κ1) is 8.59. The Morgan fingerprint density at radius 2 is 1.92 bits per heavy atom. The van der Waals surface area contributed by atoms with E-state index >= 15 is 0 Å². The second-order valence-electron chi connectivity index (χ2n) is 2.50. The molecule has 3 nitrogen and oxygen atoms in total. The third-order valence-electron chi connectivity index (χ3n) is 1.61. The molecule has 0 aliphatic rings. The third-order valence-corrected chi connectivity index (χ3v) is 1.61. The van der Waals surface area contributed by atoms with Crippen LogP contribution in [-0.4, -0.2) is 13.0 Å². The van der Waals surface area contributed by atoms with E-state index in [4.69, 9.17) is 10.6 Å². The number of benzene rings is 1. The maximum absolute atomic E-state index is 5.12. The summed E-state index contributed by atoms with van der Waals surface area (Å²) in [6, 6.07) is 7.81. The van der Waals surface area contributed by atoms with Crippen molar-refractivity contribution in [1.29, 1.82) is 0 Å². The van der Waals surface area contributed by atoms with E-state index in [0.29, 0.717) is 5.90 Å². The van der Waals surface area contributed by atoms with Crippen molar-refractivity contribution >= 4 is 5.90 Å². The van der Waals surface area contributed by atoms with Crippen molar-refractivity contribution in [3.05, 3.63) is 35.4 Å². The molecular weight excluding hydrogens is 152 g/mol. The summed E-state index contributed by atoms with van der Waals surface area (Å²) >= 11 is 0. The van der Waals surface area contributed by atoms with Gasteiger partial charge in [0, 0.05) is 5.56 Å². The summed E-state index contributed by atoms with van der Waals surface area (Å²) in [5.41, 5.74) is 2.09. The molecule has 0 aliphatic heterocycles. The van der Waals surface area contributed by atoms with E-state index in [0.717, 1.165) is 5.56 Å². The van der Waals surface area contributed by atoms with Gasteiger partial charge in [0.05, 0.1) is 7.11 Å². The van der Waals surface area contributed by atoms with Gasteiger partial charge in [-0.2, -0.15) is 0 Å². The minimum Gasteiger partial charge on any atom is -0.480 e. The fraction of sp³-hybridized carbons (Fsp3) is 0.222. The normalized spacial score (nSPS) is 11.3. The number of nitrogens with zero attached hydrogens (tertiary/aromatic N) is 1. The number of nitrogens with two attached hydrogens (primary N) is 1. The van der Waals surface area contributed by atoms with Gasteiger partial charge in [-0.25, -0.2) is 0 Å². The average Bonchev–Trinajstić information content (AvgIpc) is 2.10. The van der Waals surface area contributed by atoms with Crippen LogP contribution in [0.4, 0.5) is 0 Å². The maximum atomic E-state index is 5.12. The monoisotopic (exact) mass is 164 g/mol. The molecule has 0 amide bonds. The van der Waals surface area contributed by atoms with Gasteiger partial charge in [-0.3, -0.25) is 0 Å². The minimum atomic E-state index is 0.454. The molecule has 12 heavy (non-hydrogen) atoms. The highest BCUT2D eigenvalue weighted by Gasteiger charge is 2.00. The molecule has 0 atom stereocenters. The van der Waals surface area contributed by atoms with E-state index in [9.17, 15) is 0 Å². The Morgan fingerprint density at radius 1 is 1.33 bits per heavy atom. The van der Waals surface area contributed by atoms with Gasteiger partial charge in [0.1, 0.15) is 0 Å². The topological polar surface area (TPSA) is 47.6 Å². The summed E-state index contributed by atoms with van der Waals surface area (Å²) in [4.78, 5) is 0. The minimum absolute atomic E-state index is 0.454. The molecule has 3 heteroatoms. The van der Waals surface area contributed by atoms with Crippen LogP contribution in [0.15, 0.2) is 29.4 Å². The van der Waals surface area contributed by atoms with Gasteiger partial charge in [-0.1, -0.05) is 17.7 Å². The van der Waals surface area contributed by atoms with E-state index in [1.165, 1.54) is 5.56 Å². The molecule has 0 unspecified atom stereocenters. The lowest BCUT2D eigenvalue weighted by Crippen LogP contribution is -2.06. The van der Waals surface area contributed by atoms with Crippen molar-refractivity contribution < 1.29 is 4.74 Å². The van der Waals surface area contributed by atoms with Gasteiger partial charge in [-0.05, 0) is 19.1 Å². The molecule has 2 N–H and O–H groups in total. The van der Waals surface area contributed by atoms with Gasteiger partial charge >= 0.3 is 0 Å². The third kappa shape index (κ3) is 1.75.